The molecule has 5 heteroatoms. The molecular formula is C17H16N4O. The van der Waals surface area contributed by atoms with Gasteiger partial charge in [0.1, 0.15) is 0 Å². The highest BCUT2D eigenvalue weighted by Crippen LogP contribution is 2.20. The third kappa shape index (κ3) is 2.74. The predicted molar refractivity (Wildman–Crippen MR) is 85.2 cm³/mol. The molecule has 110 valence electrons. The van der Waals surface area contributed by atoms with E-state index in [1.54, 1.807) is 0 Å². The Morgan fingerprint density at radius 1 is 1.00 bits per heavy atom. The van der Waals surface area contributed by atoms with Gasteiger partial charge in [0.2, 0.25) is 0 Å². The molecule has 0 saturated carbocycles. The summed E-state index contributed by atoms with van der Waals surface area (Å²) in [5, 5.41) is 11.3. The summed E-state index contributed by atoms with van der Waals surface area (Å²) in [7, 11) is 0. The van der Waals surface area contributed by atoms with Crippen molar-refractivity contribution in [1.82, 2.24) is 15.0 Å². The first-order chi connectivity index (χ1) is 10.6. The number of rotatable bonds is 3. The maximum Gasteiger partial charge on any atom is 0.277 e. The van der Waals surface area contributed by atoms with Crippen molar-refractivity contribution >= 4 is 11.6 Å². The van der Waals surface area contributed by atoms with Gasteiger partial charge < -0.3 is 5.32 Å². The fourth-order valence-electron chi connectivity index (χ4n) is 2.24. The first-order valence-corrected chi connectivity index (χ1v) is 7.00. The quantitative estimate of drug-likeness (QED) is 0.806. The number of para-hydroxylation sites is 2. The van der Waals surface area contributed by atoms with Crippen LogP contribution in [0.15, 0.2) is 54.7 Å². The number of hydrogen-bond acceptors (Lipinski definition) is 3. The zero-order valence-corrected chi connectivity index (χ0v) is 12.4. The molecule has 3 rings (SSSR count). The molecule has 1 aromatic heterocycles. The van der Waals surface area contributed by atoms with E-state index in [1.807, 2.05) is 62.4 Å². The largest absolute Gasteiger partial charge is 0.320 e. The summed E-state index contributed by atoms with van der Waals surface area (Å²) in [5.41, 5.74) is 3.95. The summed E-state index contributed by atoms with van der Waals surface area (Å²) < 4.78 is 0. The maximum absolute atomic E-state index is 12.3. The SMILES string of the molecule is Cc1cccc(C)c1NC(=O)c1cnn(-c2ccccc2)n1. The lowest BCUT2D eigenvalue weighted by atomic mass is 10.1. The molecule has 0 aliphatic rings. The standard InChI is InChI=1S/C17H16N4O/c1-12-7-6-8-13(2)16(12)19-17(22)15-11-18-21(20-15)14-9-4-3-5-10-14/h3-11H,1-2H3,(H,19,22). The minimum Gasteiger partial charge on any atom is -0.320 e. The van der Waals surface area contributed by atoms with E-state index >= 15 is 0 Å². The number of benzene rings is 2. The molecule has 0 unspecified atom stereocenters. The van der Waals surface area contributed by atoms with Crippen LogP contribution in [-0.4, -0.2) is 20.9 Å². The molecule has 0 saturated heterocycles. The molecule has 0 bridgehead atoms. The summed E-state index contributed by atoms with van der Waals surface area (Å²) in [6.45, 7) is 3.92. The van der Waals surface area contributed by atoms with Gasteiger partial charge in [0.15, 0.2) is 5.69 Å². The molecule has 2 aromatic carbocycles. The lowest BCUT2D eigenvalue weighted by Gasteiger charge is -2.09. The minimum absolute atomic E-state index is 0.264. The van der Waals surface area contributed by atoms with Crippen LogP contribution < -0.4 is 5.32 Å². The molecule has 1 heterocycles. The van der Waals surface area contributed by atoms with E-state index in [0.717, 1.165) is 22.5 Å². The van der Waals surface area contributed by atoms with Gasteiger partial charge in [0.05, 0.1) is 11.9 Å². The fraction of sp³-hybridized carbons (Fsp3) is 0.118. The molecule has 3 aromatic rings. The van der Waals surface area contributed by atoms with E-state index in [1.165, 1.54) is 11.0 Å². The second kappa shape index (κ2) is 5.81. The van der Waals surface area contributed by atoms with Crippen molar-refractivity contribution in [2.45, 2.75) is 13.8 Å². The van der Waals surface area contributed by atoms with Gasteiger partial charge in [-0.2, -0.15) is 9.90 Å². The number of nitrogens with one attached hydrogen (secondary N) is 1. The predicted octanol–water partition coefficient (Wildman–Crippen LogP) is 3.14. The molecule has 5 nitrogen and oxygen atoms in total. The maximum atomic E-state index is 12.3. The lowest BCUT2D eigenvalue weighted by Crippen LogP contribution is -2.15. The number of carbonyl (C=O) groups excluding carboxylic acids is 1. The Hall–Kier alpha value is -2.95. The molecule has 1 amide bonds. The van der Waals surface area contributed by atoms with Gasteiger partial charge >= 0.3 is 0 Å². The van der Waals surface area contributed by atoms with Gasteiger partial charge in [-0.25, -0.2) is 0 Å². The molecule has 0 fully saturated rings. The highest BCUT2D eigenvalue weighted by atomic mass is 16.2. The molecule has 0 aliphatic carbocycles. The Balaban J connectivity index is 1.83. The third-order valence-electron chi connectivity index (χ3n) is 3.43. The van der Waals surface area contributed by atoms with Crippen LogP contribution in [0.5, 0.6) is 0 Å². The summed E-state index contributed by atoms with van der Waals surface area (Å²) in [6, 6.07) is 15.4. The van der Waals surface area contributed by atoms with Gasteiger partial charge in [0, 0.05) is 5.69 Å². The smallest absolute Gasteiger partial charge is 0.277 e. The zero-order valence-electron chi connectivity index (χ0n) is 12.4. The second-order valence-electron chi connectivity index (χ2n) is 5.08. The Labute approximate surface area is 128 Å². The summed E-state index contributed by atoms with van der Waals surface area (Å²) in [6.07, 6.45) is 1.47. The monoisotopic (exact) mass is 292 g/mol. The topological polar surface area (TPSA) is 59.8 Å². The number of anilines is 1. The summed E-state index contributed by atoms with van der Waals surface area (Å²) in [5.74, 6) is -0.264. The summed E-state index contributed by atoms with van der Waals surface area (Å²) in [4.78, 5) is 13.8. The Morgan fingerprint density at radius 2 is 1.68 bits per heavy atom. The van der Waals surface area contributed by atoms with Crippen LogP contribution in [0.2, 0.25) is 0 Å². The van der Waals surface area contributed by atoms with Crippen molar-refractivity contribution in [3.8, 4) is 5.69 Å². The molecule has 0 aliphatic heterocycles. The number of carbonyl (C=O) groups is 1. The second-order valence-corrected chi connectivity index (χ2v) is 5.08. The minimum atomic E-state index is -0.264. The van der Waals surface area contributed by atoms with Crippen molar-refractivity contribution < 1.29 is 4.79 Å². The highest BCUT2D eigenvalue weighted by molar-refractivity contribution is 6.03. The average molecular weight is 292 g/mol. The van der Waals surface area contributed by atoms with E-state index in [-0.39, 0.29) is 11.6 Å². The molecule has 1 N–H and O–H groups in total. The Kier molecular flexibility index (Phi) is 3.70. The van der Waals surface area contributed by atoms with Gasteiger partial charge in [-0.1, -0.05) is 36.4 Å². The number of hydrogen-bond donors (Lipinski definition) is 1. The van der Waals surface area contributed by atoms with Crippen LogP contribution in [0.4, 0.5) is 5.69 Å². The van der Waals surface area contributed by atoms with Gasteiger partial charge in [-0.15, -0.1) is 5.10 Å². The van der Waals surface area contributed by atoms with Crippen LogP contribution in [0, 0.1) is 13.8 Å². The zero-order chi connectivity index (χ0) is 15.5. The fourth-order valence-corrected chi connectivity index (χ4v) is 2.24. The van der Waals surface area contributed by atoms with Crippen molar-refractivity contribution in [3.05, 3.63) is 71.5 Å². The van der Waals surface area contributed by atoms with Crippen LogP contribution in [0.1, 0.15) is 21.6 Å². The van der Waals surface area contributed by atoms with E-state index in [2.05, 4.69) is 15.5 Å². The van der Waals surface area contributed by atoms with Gasteiger partial charge in [-0.05, 0) is 37.1 Å². The van der Waals surface area contributed by atoms with Crippen LogP contribution in [0.25, 0.3) is 5.69 Å². The van der Waals surface area contributed by atoms with Crippen molar-refractivity contribution in [3.63, 3.8) is 0 Å². The van der Waals surface area contributed by atoms with Crippen LogP contribution >= 0.6 is 0 Å². The number of amides is 1. The average Bonchev–Trinajstić information content (AvgIpc) is 3.02. The Morgan fingerprint density at radius 3 is 2.36 bits per heavy atom. The third-order valence-corrected chi connectivity index (χ3v) is 3.43. The van der Waals surface area contributed by atoms with Crippen molar-refractivity contribution in [2.75, 3.05) is 5.32 Å². The van der Waals surface area contributed by atoms with Gasteiger partial charge in [0.25, 0.3) is 5.91 Å². The normalized spacial score (nSPS) is 10.5. The lowest BCUT2D eigenvalue weighted by molar-refractivity contribution is 0.102. The van der Waals surface area contributed by atoms with E-state index in [4.69, 9.17) is 0 Å². The van der Waals surface area contributed by atoms with Crippen molar-refractivity contribution in [1.29, 1.82) is 0 Å². The first kappa shape index (κ1) is 14.0. The van der Waals surface area contributed by atoms with E-state index in [0.29, 0.717) is 0 Å². The number of aryl methyl sites for hydroxylation is 2. The molecular weight excluding hydrogens is 276 g/mol. The van der Waals surface area contributed by atoms with Gasteiger partial charge in [-0.3, -0.25) is 4.79 Å². The van der Waals surface area contributed by atoms with Crippen LogP contribution in [0.3, 0.4) is 0 Å². The van der Waals surface area contributed by atoms with Crippen LogP contribution in [-0.2, 0) is 0 Å². The molecule has 22 heavy (non-hydrogen) atoms. The van der Waals surface area contributed by atoms with Crippen molar-refractivity contribution in [2.24, 2.45) is 0 Å². The van der Waals surface area contributed by atoms with E-state index < -0.39 is 0 Å². The number of aromatic nitrogens is 3. The highest BCUT2D eigenvalue weighted by Gasteiger charge is 2.13. The molecule has 0 atom stereocenters. The first-order valence-electron chi connectivity index (χ1n) is 7.00. The summed E-state index contributed by atoms with van der Waals surface area (Å²) >= 11 is 0. The molecule has 0 radical (unpaired) electrons. The Bertz CT molecular complexity index is 788. The molecule has 0 spiro atoms. The van der Waals surface area contributed by atoms with E-state index in [9.17, 15) is 4.79 Å². The number of nitrogens with zero attached hydrogens (tertiary/aromatic N) is 3.